The van der Waals surface area contributed by atoms with Crippen molar-refractivity contribution >= 4 is 5.97 Å². The number of hydrogen-bond donors (Lipinski definition) is 5. The van der Waals surface area contributed by atoms with Crippen molar-refractivity contribution in [2.24, 2.45) is 17.8 Å². The molecule has 0 aliphatic carbocycles. The highest BCUT2D eigenvalue weighted by atomic mass is 16.7. The van der Waals surface area contributed by atoms with Crippen LogP contribution in [0.3, 0.4) is 0 Å². The first-order valence-corrected chi connectivity index (χ1v) is 19.1. The number of aliphatic hydroxyl groups excluding tert-OH is 3. The van der Waals surface area contributed by atoms with Crippen LogP contribution in [0, 0.1) is 17.8 Å². The summed E-state index contributed by atoms with van der Waals surface area (Å²) in [4.78, 5) is 18.0. The minimum absolute atomic E-state index is 0.133. The van der Waals surface area contributed by atoms with Crippen molar-refractivity contribution in [3.05, 3.63) is 0 Å². The van der Waals surface area contributed by atoms with Crippen LogP contribution in [-0.2, 0) is 33.2 Å². The molecule has 3 saturated heterocycles. The van der Waals surface area contributed by atoms with E-state index in [0.717, 1.165) is 0 Å². The molecule has 3 heterocycles. The molecule has 14 heteroatoms. The molecule has 3 fully saturated rings. The third-order valence-corrected chi connectivity index (χ3v) is 12.2. The zero-order valence-corrected chi connectivity index (χ0v) is 34.2. The number of carbonyl (C=O) groups excluding carboxylic acids is 1. The summed E-state index contributed by atoms with van der Waals surface area (Å²) in [5.74, 6) is -2.58. The number of esters is 1. The predicted molar refractivity (Wildman–Crippen MR) is 194 cm³/mol. The largest absolute Gasteiger partial charge is 0.459 e. The zero-order chi connectivity index (χ0) is 39.7. The minimum Gasteiger partial charge on any atom is -0.459 e. The number of likely N-dealkylation sites (N-methyl/N-ethyl adjacent to an activating group) is 2. The third-order valence-electron chi connectivity index (χ3n) is 12.2. The number of ether oxygens (including phenoxy) is 6. The van der Waals surface area contributed by atoms with Gasteiger partial charge in [0.2, 0.25) is 0 Å². The van der Waals surface area contributed by atoms with Crippen LogP contribution < -0.4 is 0 Å². The molecular weight excluding hydrogens is 676 g/mol. The Morgan fingerprint density at radius 1 is 0.942 bits per heavy atom. The Kier molecular flexibility index (Phi) is 15.6. The smallest absolute Gasteiger partial charge is 0.311 e. The molecule has 0 spiro atoms. The van der Waals surface area contributed by atoms with Crippen molar-refractivity contribution in [3.63, 3.8) is 0 Å². The maximum Gasteiger partial charge on any atom is 0.311 e. The lowest BCUT2D eigenvalue weighted by atomic mass is 9.77. The van der Waals surface area contributed by atoms with Gasteiger partial charge in [0.05, 0.1) is 41.5 Å². The van der Waals surface area contributed by atoms with Gasteiger partial charge in [-0.1, -0.05) is 20.8 Å². The topological polar surface area (TPSA) is 180 Å². The summed E-state index contributed by atoms with van der Waals surface area (Å²) in [7, 11) is 7.12. The molecule has 0 aromatic rings. The van der Waals surface area contributed by atoms with Crippen LogP contribution >= 0.6 is 0 Å². The van der Waals surface area contributed by atoms with Gasteiger partial charge in [0.25, 0.3) is 0 Å². The van der Waals surface area contributed by atoms with Crippen LogP contribution in [0.5, 0.6) is 0 Å². The average Bonchev–Trinajstić information content (AvgIpc) is 3.05. The van der Waals surface area contributed by atoms with Crippen molar-refractivity contribution in [2.45, 2.75) is 185 Å². The Morgan fingerprint density at radius 3 is 2.12 bits per heavy atom. The number of aliphatic hydroxyl groups is 5. The summed E-state index contributed by atoms with van der Waals surface area (Å²) in [5, 5.41) is 58.1. The van der Waals surface area contributed by atoms with Crippen molar-refractivity contribution in [1.29, 1.82) is 0 Å². The van der Waals surface area contributed by atoms with Crippen molar-refractivity contribution < 1.29 is 58.7 Å². The Bertz CT molecular complexity index is 1140. The lowest BCUT2D eigenvalue weighted by molar-refractivity contribution is -0.318. The van der Waals surface area contributed by atoms with Crippen LogP contribution in [0.2, 0.25) is 0 Å². The lowest BCUT2D eigenvalue weighted by Gasteiger charge is -2.48. The maximum atomic E-state index is 14.2. The van der Waals surface area contributed by atoms with E-state index in [4.69, 9.17) is 28.4 Å². The monoisotopic (exact) mass is 749 g/mol. The Labute approximate surface area is 312 Å². The normalized spacial score (nSPS) is 49.6. The van der Waals surface area contributed by atoms with Crippen LogP contribution in [0.25, 0.3) is 0 Å². The first-order chi connectivity index (χ1) is 23.9. The Balaban J connectivity index is 2.17. The third kappa shape index (κ3) is 10.0. The fourth-order valence-corrected chi connectivity index (χ4v) is 8.74. The zero-order valence-electron chi connectivity index (χ0n) is 34.2. The quantitative estimate of drug-likeness (QED) is 0.238. The second-order valence-corrected chi connectivity index (χ2v) is 17.2. The number of nitrogens with zero attached hydrogens (tertiary/aromatic N) is 2. The fraction of sp³-hybridized carbons (Fsp3) is 0.974. The van der Waals surface area contributed by atoms with Gasteiger partial charge >= 0.3 is 5.97 Å². The SMILES string of the molecule is CCC1OC(=O)C(C)C(O[C@@H]2C[C@](C)(OC)[C@H](O)C(C)O2)C(C)[C@H](OC2OC(C)CC(N(C)C)[C@@H]2O)[C@](C)(O)C[C@H](C)CN(C)[C@@H](C)[C@H](O)[C@@]1(C)O. The van der Waals surface area contributed by atoms with E-state index >= 15 is 0 Å². The minimum atomic E-state index is -1.80. The molecule has 14 nitrogen and oxygen atoms in total. The molecule has 0 saturated carbocycles. The number of cyclic esters (lactones) is 1. The second-order valence-electron chi connectivity index (χ2n) is 17.2. The fourth-order valence-electron chi connectivity index (χ4n) is 8.74. The van der Waals surface area contributed by atoms with Gasteiger partial charge in [-0.2, -0.15) is 0 Å². The van der Waals surface area contributed by atoms with Gasteiger partial charge in [-0.05, 0) is 94.8 Å². The molecule has 3 aliphatic rings. The van der Waals surface area contributed by atoms with Gasteiger partial charge in [0.15, 0.2) is 12.6 Å². The first kappa shape index (κ1) is 45.4. The maximum absolute atomic E-state index is 14.2. The van der Waals surface area contributed by atoms with Crippen molar-refractivity contribution in [3.8, 4) is 0 Å². The van der Waals surface area contributed by atoms with Crippen LogP contribution in [0.15, 0.2) is 0 Å². The van der Waals surface area contributed by atoms with E-state index < -0.39 is 96.0 Å². The van der Waals surface area contributed by atoms with E-state index in [9.17, 15) is 30.3 Å². The molecule has 52 heavy (non-hydrogen) atoms. The highest BCUT2D eigenvalue weighted by Crippen LogP contribution is 2.40. The Morgan fingerprint density at radius 2 is 1.56 bits per heavy atom. The molecule has 5 N–H and O–H groups in total. The van der Waals surface area contributed by atoms with E-state index in [1.165, 1.54) is 14.0 Å². The molecule has 3 aliphatic heterocycles. The number of hydrogen-bond acceptors (Lipinski definition) is 14. The molecule has 306 valence electrons. The standard InChI is InChI=1S/C38H72N2O12/c1-15-27-38(10,46)31(42)24(6)40(13)19-20(2)17-36(8,45)33(52-35-29(41)26(39(11)12)16-21(3)48-35)22(4)30(23(5)34(44)50-27)51-28-18-37(9,47-14)32(43)25(7)49-28/h20-33,35,41-43,45-46H,15-19H2,1-14H3/t20-,21?,22?,23?,24-,25?,26?,27?,28+,29-,30?,31-,32+,33-,35?,36+,37-,38-/m0/s1. The number of carbonyl (C=O) groups is 1. The van der Waals surface area contributed by atoms with E-state index in [2.05, 4.69) is 0 Å². The van der Waals surface area contributed by atoms with Gasteiger partial charge in [0, 0.05) is 38.1 Å². The van der Waals surface area contributed by atoms with Crippen molar-refractivity contribution in [2.75, 3.05) is 34.8 Å². The summed E-state index contributed by atoms with van der Waals surface area (Å²) in [5.41, 5.74) is -4.37. The summed E-state index contributed by atoms with van der Waals surface area (Å²) in [6, 6.07) is -0.808. The van der Waals surface area contributed by atoms with Crippen LogP contribution in [0.4, 0.5) is 0 Å². The van der Waals surface area contributed by atoms with E-state index in [0.29, 0.717) is 13.0 Å². The first-order valence-electron chi connectivity index (χ1n) is 19.1. The molecule has 0 radical (unpaired) electrons. The highest BCUT2D eigenvalue weighted by molar-refractivity contribution is 5.73. The molecule has 8 unspecified atom stereocenters. The van der Waals surface area contributed by atoms with Gasteiger partial charge in [-0.25, -0.2) is 0 Å². The summed E-state index contributed by atoms with van der Waals surface area (Å²) >= 11 is 0. The molecule has 0 bridgehead atoms. The van der Waals surface area contributed by atoms with Gasteiger partial charge in [0.1, 0.15) is 30.0 Å². The summed E-state index contributed by atoms with van der Waals surface area (Å²) in [6.07, 6.45) is -8.19. The molecular formula is C38H72N2O12. The van der Waals surface area contributed by atoms with E-state index in [1.54, 1.807) is 41.5 Å². The molecule has 0 aromatic carbocycles. The number of methoxy groups -OCH3 is 1. The summed E-state index contributed by atoms with van der Waals surface area (Å²) < 4.78 is 37.5. The van der Waals surface area contributed by atoms with Crippen LogP contribution in [0.1, 0.15) is 94.9 Å². The molecule has 0 aromatic heterocycles. The second kappa shape index (κ2) is 17.8. The van der Waals surface area contributed by atoms with E-state index in [-0.39, 0.29) is 37.3 Å². The molecule has 0 amide bonds. The van der Waals surface area contributed by atoms with Gasteiger partial charge in [-0.3, -0.25) is 4.79 Å². The lowest BCUT2D eigenvalue weighted by Crippen LogP contribution is -2.60. The van der Waals surface area contributed by atoms with E-state index in [1.807, 2.05) is 51.7 Å². The summed E-state index contributed by atoms with van der Waals surface area (Å²) in [6.45, 7) is 18.0. The highest BCUT2D eigenvalue weighted by Gasteiger charge is 2.52. The van der Waals surface area contributed by atoms with Gasteiger partial charge < -0.3 is 63.8 Å². The molecule has 3 rings (SSSR count). The van der Waals surface area contributed by atoms with Crippen LogP contribution in [-0.4, -0.2) is 166 Å². The Hall–Kier alpha value is -1.01. The van der Waals surface area contributed by atoms with Gasteiger partial charge in [-0.15, -0.1) is 0 Å². The molecule has 18 atom stereocenters. The predicted octanol–water partition coefficient (Wildman–Crippen LogP) is 1.90. The average molecular weight is 749 g/mol. The van der Waals surface area contributed by atoms with Crippen molar-refractivity contribution in [1.82, 2.24) is 9.80 Å². The number of rotatable bonds is 7.